The number of nitriles is 1. The number of piperidine rings is 1. The molecule has 1 atom stereocenters. The van der Waals surface area contributed by atoms with Gasteiger partial charge in [0.05, 0.1) is 16.9 Å². The van der Waals surface area contributed by atoms with E-state index in [0.717, 1.165) is 42.9 Å². The number of nitrogens with zero attached hydrogens (tertiary/aromatic N) is 2. The largest absolute Gasteiger partial charge is 0.299 e. The molecule has 1 aromatic carbocycles. The summed E-state index contributed by atoms with van der Waals surface area (Å²) < 4.78 is 11.8. The average Bonchev–Trinajstić information content (AvgIpc) is 2.52. The van der Waals surface area contributed by atoms with Gasteiger partial charge in [0, 0.05) is 24.1 Å². The molecule has 3 nitrogen and oxygen atoms in total. The molecular weight excluding hydrogens is 292 g/mol. The smallest absolute Gasteiger partial charge is 0.0627 e. The molecule has 0 spiro atoms. The van der Waals surface area contributed by atoms with Gasteiger partial charge < -0.3 is 0 Å². The van der Waals surface area contributed by atoms with Crippen molar-refractivity contribution >= 4 is 10.8 Å². The Morgan fingerprint density at radius 3 is 2.41 bits per heavy atom. The molecule has 1 fully saturated rings. The molecule has 0 aromatic heterocycles. The predicted molar refractivity (Wildman–Crippen MR) is 93.0 cm³/mol. The van der Waals surface area contributed by atoms with Crippen LogP contribution >= 0.6 is 0 Å². The molecule has 0 amide bonds. The van der Waals surface area contributed by atoms with E-state index < -0.39 is 10.8 Å². The Bertz CT molecular complexity index is 528. The summed E-state index contributed by atoms with van der Waals surface area (Å²) >= 11 is 0. The molecule has 2 rings (SSSR count). The van der Waals surface area contributed by atoms with Gasteiger partial charge in [0.25, 0.3) is 0 Å². The summed E-state index contributed by atoms with van der Waals surface area (Å²) in [6.07, 6.45) is 4.52. The second-order valence-electron chi connectivity index (χ2n) is 5.98. The third kappa shape index (κ3) is 5.23. The lowest BCUT2D eigenvalue weighted by molar-refractivity contribution is 0.116. The maximum Gasteiger partial charge on any atom is 0.0627 e. The number of likely N-dealkylation sites (tertiary alicyclic amines) is 1. The average molecular weight is 321 g/mol. The van der Waals surface area contributed by atoms with Crippen molar-refractivity contribution in [2.24, 2.45) is 5.41 Å². The Morgan fingerprint density at radius 2 is 1.86 bits per heavy atom. The molecule has 0 radical (unpaired) electrons. The van der Waals surface area contributed by atoms with Crippen LogP contribution < -0.4 is 0 Å². The van der Waals surface area contributed by atoms with Gasteiger partial charge >= 0.3 is 0 Å². The van der Waals surface area contributed by atoms with Crippen molar-refractivity contribution in [2.75, 3.05) is 19.3 Å². The minimum atomic E-state index is -0.933. The summed E-state index contributed by atoms with van der Waals surface area (Å²) in [7, 11) is -0.933. The first-order chi connectivity index (χ1) is 10.5. The first-order valence-electron chi connectivity index (χ1n) is 8.05. The monoisotopic (exact) mass is 320 g/mol. The normalized spacial score (nSPS) is 18.7. The Kier molecular flexibility index (Phi) is 7.78. The summed E-state index contributed by atoms with van der Waals surface area (Å²) in [4.78, 5) is 3.35. The third-order valence-corrected chi connectivity index (χ3v) is 5.26. The number of hydrogen-bond donors (Lipinski definition) is 0. The molecule has 1 heterocycles. The molecule has 0 bridgehead atoms. The van der Waals surface area contributed by atoms with Crippen LogP contribution in [0.5, 0.6) is 0 Å². The highest BCUT2D eigenvalue weighted by Gasteiger charge is 2.29. The summed E-state index contributed by atoms with van der Waals surface area (Å²) in [6, 6.07) is 10.3. The third-order valence-electron chi connectivity index (χ3n) is 4.25. The fourth-order valence-corrected chi connectivity index (χ4v) is 3.55. The SMILES string of the molecule is CC.CS(=O)c1ccccc1CN1CCC(C)(CC#N)CC1. The first-order valence-corrected chi connectivity index (χ1v) is 9.60. The Balaban J connectivity index is 0.00000116. The Hall–Kier alpha value is -1.18. The van der Waals surface area contributed by atoms with Gasteiger partial charge in [0.15, 0.2) is 0 Å². The van der Waals surface area contributed by atoms with Crippen LogP contribution in [0.2, 0.25) is 0 Å². The highest BCUT2D eigenvalue weighted by atomic mass is 32.2. The highest BCUT2D eigenvalue weighted by molar-refractivity contribution is 7.84. The van der Waals surface area contributed by atoms with Crippen LogP contribution in [0, 0.1) is 16.7 Å². The van der Waals surface area contributed by atoms with Gasteiger partial charge in [-0.2, -0.15) is 5.26 Å². The standard InChI is InChI=1S/C16H22N2OS.C2H6/c1-16(7-10-17)8-11-18(12-9-16)13-14-5-3-4-6-15(14)20(2)19;1-2/h3-6H,7-9,11-13H2,1-2H3;1-2H3. The van der Waals surface area contributed by atoms with Gasteiger partial charge in [-0.05, 0) is 43.0 Å². The molecule has 0 saturated carbocycles. The van der Waals surface area contributed by atoms with Crippen LogP contribution in [0.25, 0.3) is 0 Å². The second kappa shape index (κ2) is 9.07. The molecule has 0 aliphatic carbocycles. The predicted octanol–water partition coefficient (Wildman–Crippen LogP) is 3.97. The van der Waals surface area contributed by atoms with Crippen LogP contribution in [0.1, 0.15) is 45.6 Å². The lowest BCUT2D eigenvalue weighted by Crippen LogP contribution is -2.38. The van der Waals surface area contributed by atoms with Gasteiger partial charge in [0.1, 0.15) is 0 Å². The van der Waals surface area contributed by atoms with E-state index in [-0.39, 0.29) is 5.41 Å². The van der Waals surface area contributed by atoms with Gasteiger partial charge in [0.2, 0.25) is 0 Å². The van der Waals surface area contributed by atoms with Crippen LogP contribution in [0.15, 0.2) is 29.2 Å². The van der Waals surface area contributed by atoms with Gasteiger partial charge in [-0.1, -0.05) is 39.0 Å². The molecule has 1 aliphatic heterocycles. The van der Waals surface area contributed by atoms with Crippen LogP contribution in [0.3, 0.4) is 0 Å². The molecule has 1 saturated heterocycles. The molecule has 1 aromatic rings. The quantitative estimate of drug-likeness (QED) is 0.843. The molecule has 4 heteroatoms. The molecule has 22 heavy (non-hydrogen) atoms. The van der Waals surface area contributed by atoms with E-state index in [0.29, 0.717) is 6.42 Å². The molecule has 122 valence electrons. The maximum absolute atomic E-state index is 11.8. The van der Waals surface area contributed by atoms with Gasteiger partial charge in [-0.3, -0.25) is 9.11 Å². The first kappa shape index (κ1) is 18.9. The van der Waals surface area contributed by atoms with Crippen molar-refractivity contribution in [1.29, 1.82) is 5.26 Å². The fraction of sp³-hybridized carbons (Fsp3) is 0.611. The van der Waals surface area contributed by atoms with Crippen molar-refractivity contribution < 1.29 is 4.21 Å². The molecular formula is C18H28N2OS. The molecule has 1 aliphatic rings. The minimum absolute atomic E-state index is 0.179. The van der Waals surface area contributed by atoms with Crippen LogP contribution in [0.4, 0.5) is 0 Å². The van der Waals surface area contributed by atoms with E-state index in [2.05, 4.69) is 24.0 Å². The van der Waals surface area contributed by atoms with Crippen molar-refractivity contribution in [3.63, 3.8) is 0 Å². The van der Waals surface area contributed by atoms with Crippen molar-refractivity contribution in [2.45, 2.75) is 51.5 Å². The number of benzene rings is 1. The van der Waals surface area contributed by atoms with Gasteiger partial charge in [-0.25, -0.2) is 0 Å². The molecule has 1 unspecified atom stereocenters. The molecule has 0 N–H and O–H groups in total. The summed E-state index contributed by atoms with van der Waals surface area (Å²) in [6.45, 7) is 9.10. The minimum Gasteiger partial charge on any atom is -0.299 e. The van der Waals surface area contributed by atoms with E-state index in [4.69, 9.17) is 5.26 Å². The second-order valence-corrected chi connectivity index (χ2v) is 7.33. The number of hydrogen-bond acceptors (Lipinski definition) is 3. The lowest BCUT2D eigenvalue weighted by atomic mass is 9.78. The lowest BCUT2D eigenvalue weighted by Gasteiger charge is -2.38. The Labute approximate surface area is 137 Å². The van der Waals surface area contributed by atoms with E-state index in [1.54, 1.807) is 6.26 Å². The van der Waals surface area contributed by atoms with E-state index in [9.17, 15) is 4.21 Å². The van der Waals surface area contributed by atoms with Crippen molar-refractivity contribution in [3.05, 3.63) is 29.8 Å². The summed E-state index contributed by atoms with van der Waals surface area (Å²) in [5, 5.41) is 8.88. The van der Waals surface area contributed by atoms with E-state index in [1.807, 2.05) is 32.0 Å². The topological polar surface area (TPSA) is 44.1 Å². The van der Waals surface area contributed by atoms with E-state index >= 15 is 0 Å². The van der Waals surface area contributed by atoms with Crippen LogP contribution in [-0.2, 0) is 17.3 Å². The van der Waals surface area contributed by atoms with E-state index in [1.165, 1.54) is 0 Å². The summed E-state index contributed by atoms with van der Waals surface area (Å²) in [5.74, 6) is 0. The van der Waals surface area contributed by atoms with Gasteiger partial charge in [-0.15, -0.1) is 0 Å². The zero-order valence-corrected chi connectivity index (χ0v) is 15.1. The maximum atomic E-state index is 11.8. The fourth-order valence-electron chi connectivity index (χ4n) is 2.77. The Morgan fingerprint density at radius 1 is 1.27 bits per heavy atom. The highest BCUT2D eigenvalue weighted by Crippen LogP contribution is 2.34. The summed E-state index contributed by atoms with van der Waals surface area (Å²) in [5.41, 5.74) is 1.34. The van der Waals surface area contributed by atoms with Crippen molar-refractivity contribution in [1.82, 2.24) is 4.90 Å². The van der Waals surface area contributed by atoms with Crippen molar-refractivity contribution in [3.8, 4) is 6.07 Å². The zero-order chi connectivity index (χ0) is 16.6. The number of rotatable bonds is 4. The zero-order valence-electron chi connectivity index (χ0n) is 14.3. The van der Waals surface area contributed by atoms with Crippen LogP contribution in [-0.4, -0.2) is 28.5 Å².